The summed E-state index contributed by atoms with van der Waals surface area (Å²) in [6.45, 7) is -0.0471. The zero-order valence-corrected chi connectivity index (χ0v) is 9.90. The highest BCUT2D eigenvalue weighted by Gasteiger charge is 2.14. The van der Waals surface area contributed by atoms with Crippen LogP contribution in [-0.2, 0) is 10.7 Å². The first kappa shape index (κ1) is 12.5. The highest BCUT2D eigenvalue weighted by molar-refractivity contribution is 6.16. The van der Waals surface area contributed by atoms with E-state index in [2.05, 4.69) is 14.3 Å². The van der Waals surface area contributed by atoms with Crippen LogP contribution in [0.15, 0.2) is 23.3 Å². The van der Waals surface area contributed by atoms with Gasteiger partial charge in [-0.3, -0.25) is 4.79 Å². The van der Waals surface area contributed by atoms with Crippen LogP contribution in [0.3, 0.4) is 0 Å². The summed E-state index contributed by atoms with van der Waals surface area (Å²) in [7, 11) is 0. The maximum Gasteiger partial charge on any atom is 0.361 e. The summed E-state index contributed by atoms with van der Waals surface area (Å²) >= 11 is 4.94. The van der Waals surface area contributed by atoms with Crippen molar-refractivity contribution in [1.82, 2.24) is 9.97 Å². The maximum atomic E-state index is 12.0. The smallest absolute Gasteiger partial charge is 0.361 e. The van der Waals surface area contributed by atoms with E-state index in [1.54, 1.807) is 12.3 Å². The third-order valence-corrected chi connectivity index (χ3v) is 2.62. The van der Waals surface area contributed by atoms with E-state index in [0.29, 0.717) is 17.6 Å². The van der Waals surface area contributed by atoms with Crippen LogP contribution in [0, 0.1) is 0 Å². The van der Waals surface area contributed by atoms with Crippen molar-refractivity contribution in [2.75, 3.05) is 6.61 Å². The molecule has 0 fully saturated rings. The third kappa shape index (κ3) is 2.20. The number of pyridine rings is 2. The predicted octanol–water partition coefficient (Wildman–Crippen LogP) is 0.768. The molecule has 2 aromatic heterocycles. The lowest BCUT2D eigenvalue weighted by molar-refractivity contribution is 0.0750. The number of halogens is 1. The summed E-state index contributed by atoms with van der Waals surface area (Å²) in [5.41, 5.74) is 0.349. The molecule has 0 unspecified atom stereocenters. The summed E-state index contributed by atoms with van der Waals surface area (Å²) in [6.07, 6.45) is 3.13. The molecule has 2 N–H and O–H groups in total. The van der Waals surface area contributed by atoms with Gasteiger partial charge in [-0.1, -0.05) is 0 Å². The fraction of sp³-hybridized carbons (Fsp3) is 0.182. The van der Waals surface area contributed by atoms with E-state index in [0.717, 1.165) is 0 Å². The average molecular weight is 269 g/mol. The lowest BCUT2D eigenvalue weighted by atomic mass is 10.1. The molecule has 18 heavy (non-hydrogen) atoms. The Bertz CT molecular complexity index is 653. The molecule has 94 valence electrons. The zero-order chi connectivity index (χ0) is 13.1. The van der Waals surface area contributed by atoms with Crippen molar-refractivity contribution < 1.29 is 14.2 Å². The number of rotatable bonds is 3. The highest BCUT2D eigenvalue weighted by atomic mass is 35.5. The van der Waals surface area contributed by atoms with E-state index in [4.69, 9.17) is 17.0 Å². The van der Waals surface area contributed by atoms with E-state index < -0.39 is 11.4 Å². The van der Waals surface area contributed by atoms with Gasteiger partial charge < -0.3 is 14.4 Å². The number of carbonyl (C=O) groups excluding carboxylic acids is 1. The van der Waals surface area contributed by atoms with Gasteiger partial charge in [-0.2, -0.15) is 0 Å². The highest BCUT2D eigenvalue weighted by Crippen LogP contribution is 2.09. The van der Waals surface area contributed by atoms with Crippen LogP contribution in [0.5, 0.6) is 0 Å². The Morgan fingerprint density at radius 1 is 1.56 bits per heavy atom. The number of hydrogen-bond donors (Lipinski definition) is 2. The quantitative estimate of drug-likeness (QED) is 0.858. The minimum atomic E-state index is -0.924. The summed E-state index contributed by atoms with van der Waals surface area (Å²) in [4.78, 5) is 30.0. The fourth-order valence-electron chi connectivity index (χ4n) is 1.61. The molecule has 0 saturated heterocycles. The van der Waals surface area contributed by atoms with Crippen molar-refractivity contribution in [2.24, 2.45) is 0 Å². The van der Waals surface area contributed by atoms with Gasteiger partial charge in [0.15, 0.2) is 0 Å². The van der Waals surface area contributed by atoms with Gasteiger partial charge >= 0.3 is 5.97 Å². The Hall–Kier alpha value is -1.92. The molecule has 0 radical (unpaired) electrons. The summed E-state index contributed by atoms with van der Waals surface area (Å²) in [6, 6.07) is 1.57. The molecule has 2 rings (SSSR count). The van der Waals surface area contributed by atoms with Crippen LogP contribution >= 0.6 is 11.9 Å². The van der Waals surface area contributed by atoms with Crippen LogP contribution in [-0.4, -0.2) is 27.7 Å². The van der Waals surface area contributed by atoms with Gasteiger partial charge in [0.25, 0.3) is 0 Å². The number of carbonyl (C=O) groups is 1. The fourth-order valence-corrected chi connectivity index (χ4v) is 1.69. The van der Waals surface area contributed by atoms with Crippen molar-refractivity contribution in [3.05, 3.63) is 39.8 Å². The summed E-state index contributed by atoms with van der Waals surface area (Å²) in [5.74, 6) is -0.924. The van der Waals surface area contributed by atoms with Gasteiger partial charge in [-0.25, -0.2) is 9.78 Å². The number of aliphatic hydroxyl groups excluding tert-OH is 1. The van der Waals surface area contributed by atoms with Gasteiger partial charge in [0.05, 0.1) is 5.39 Å². The van der Waals surface area contributed by atoms with E-state index in [9.17, 15) is 9.59 Å². The number of nitrogens with one attached hydrogen (secondary N) is 1. The number of fused-ring (bicyclic) bond motifs is 1. The molecule has 6 nitrogen and oxygen atoms in total. The number of hydrogen-bond acceptors (Lipinski definition) is 5. The monoisotopic (exact) mass is 268 g/mol. The van der Waals surface area contributed by atoms with E-state index in [-0.39, 0.29) is 17.6 Å². The van der Waals surface area contributed by atoms with Crippen molar-refractivity contribution in [3.8, 4) is 0 Å². The van der Waals surface area contributed by atoms with Gasteiger partial charge in [-0.05, 0) is 18.1 Å². The summed E-state index contributed by atoms with van der Waals surface area (Å²) < 4.78 is 4.00. The molecular weight excluding hydrogens is 260 g/mol. The number of H-pyrrole nitrogens is 1. The Labute approximate surface area is 106 Å². The van der Waals surface area contributed by atoms with Crippen LogP contribution in [0.25, 0.3) is 11.0 Å². The van der Waals surface area contributed by atoms with Crippen LogP contribution in [0.4, 0.5) is 0 Å². The molecule has 0 bridgehead atoms. The molecule has 0 aromatic carbocycles. The topological polar surface area (TPSA) is 92.3 Å². The molecule has 0 atom stereocenters. The molecule has 0 saturated carbocycles. The second-order valence-electron chi connectivity index (χ2n) is 3.61. The Balaban J connectivity index is 2.64. The first-order valence-electron chi connectivity index (χ1n) is 5.11. The minimum absolute atomic E-state index is 0.0471. The normalized spacial score (nSPS) is 10.6. The molecule has 0 aliphatic heterocycles. The van der Waals surface area contributed by atoms with Crippen LogP contribution in [0.1, 0.15) is 15.9 Å². The Morgan fingerprint density at radius 2 is 2.33 bits per heavy atom. The SMILES string of the molecule is O=C(OCl)c1c[nH]c2ncc(CCO)cc2c1=O. The molecular formula is C11H9ClN2O4. The van der Waals surface area contributed by atoms with E-state index in [1.165, 1.54) is 6.20 Å². The van der Waals surface area contributed by atoms with Crippen LogP contribution in [0.2, 0.25) is 0 Å². The molecule has 7 heteroatoms. The standard InChI is InChI=1S/C11H9ClN2O4/c12-18-11(17)8-5-14-10-7(9(8)16)3-6(1-2-15)4-13-10/h3-5,15H,1-2H2,(H,13,14,16). The largest absolute Gasteiger partial charge is 0.396 e. The second kappa shape index (κ2) is 5.16. The summed E-state index contributed by atoms with van der Waals surface area (Å²) in [5, 5.41) is 9.09. The number of aromatic amines is 1. The maximum absolute atomic E-state index is 12.0. The second-order valence-corrected chi connectivity index (χ2v) is 3.76. The zero-order valence-electron chi connectivity index (χ0n) is 9.14. The molecule has 0 spiro atoms. The Morgan fingerprint density at radius 3 is 3.00 bits per heavy atom. The predicted molar refractivity (Wildman–Crippen MR) is 64.4 cm³/mol. The number of aromatic nitrogens is 2. The molecule has 0 aliphatic rings. The van der Waals surface area contributed by atoms with Crippen molar-refractivity contribution in [2.45, 2.75) is 6.42 Å². The first-order chi connectivity index (χ1) is 8.67. The lowest BCUT2D eigenvalue weighted by Gasteiger charge is -2.02. The molecule has 2 heterocycles. The lowest BCUT2D eigenvalue weighted by Crippen LogP contribution is -2.16. The van der Waals surface area contributed by atoms with Crippen molar-refractivity contribution >= 4 is 28.9 Å². The Kier molecular flexibility index (Phi) is 3.59. The van der Waals surface area contributed by atoms with Gasteiger partial charge in [0.1, 0.15) is 23.1 Å². The molecule has 2 aromatic rings. The molecule has 0 amide bonds. The van der Waals surface area contributed by atoms with Gasteiger partial charge in [0.2, 0.25) is 5.43 Å². The molecule has 0 aliphatic carbocycles. The number of nitrogens with zero attached hydrogens (tertiary/aromatic N) is 1. The number of aliphatic hydroxyl groups is 1. The van der Waals surface area contributed by atoms with Crippen molar-refractivity contribution in [3.63, 3.8) is 0 Å². The van der Waals surface area contributed by atoms with Crippen molar-refractivity contribution in [1.29, 1.82) is 0 Å². The first-order valence-corrected chi connectivity index (χ1v) is 5.42. The minimum Gasteiger partial charge on any atom is -0.396 e. The van der Waals surface area contributed by atoms with Crippen LogP contribution < -0.4 is 5.43 Å². The van der Waals surface area contributed by atoms with Gasteiger partial charge in [-0.15, -0.1) is 0 Å². The van der Waals surface area contributed by atoms with Gasteiger partial charge in [0, 0.05) is 19.0 Å². The van der Waals surface area contributed by atoms with E-state index in [1.807, 2.05) is 0 Å². The average Bonchev–Trinajstić information content (AvgIpc) is 2.39. The van der Waals surface area contributed by atoms with E-state index >= 15 is 0 Å². The third-order valence-electron chi connectivity index (χ3n) is 2.48.